The van der Waals surface area contributed by atoms with Crippen LogP contribution in [-0.2, 0) is 4.74 Å². The lowest BCUT2D eigenvalue weighted by Gasteiger charge is -2.12. The van der Waals surface area contributed by atoms with Crippen molar-refractivity contribution in [3.63, 3.8) is 0 Å². The van der Waals surface area contributed by atoms with E-state index in [0.29, 0.717) is 4.42 Å². The van der Waals surface area contributed by atoms with E-state index in [-0.39, 0.29) is 12.4 Å². The van der Waals surface area contributed by atoms with Crippen molar-refractivity contribution in [2.24, 2.45) is 0 Å². The third-order valence-electron chi connectivity index (χ3n) is 1.72. The van der Waals surface area contributed by atoms with Gasteiger partial charge in [0.05, 0.1) is 12.8 Å². The van der Waals surface area contributed by atoms with Gasteiger partial charge >= 0.3 is 6.09 Å². The van der Waals surface area contributed by atoms with Crippen LogP contribution in [-0.4, -0.2) is 22.7 Å². The van der Waals surface area contributed by atoms with Crippen LogP contribution in [0.3, 0.4) is 0 Å². The number of halogens is 2. The summed E-state index contributed by atoms with van der Waals surface area (Å²) in [5, 5.41) is 0. The molecule has 0 spiro atoms. The summed E-state index contributed by atoms with van der Waals surface area (Å²) in [6, 6.07) is 0. The Morgan fingerprint density at radius 1 is 1.69 bits per heavy atom. The number of unbranched alkanes of at least 4 members (excludes halogenated alkanes) is 1. The Bertz CT molecular complexity index is 364. The first-order valence-corrected chi connectivity index (χ1v) is 5.08. The van der Waals surface area contributed by atoms with Crippen molar-refractivity contribution in [3.05, 3.63) is 18.3 Å². The maximum atomic E-state index is 13.1. The van der Waals surface area contributed by atoms with Crippen molar-refractivity contribution in [2.45, 2.75) is 19.8 Å². The monoisotopic (exact) mass is 247 g/mol. The second-order valence-electron chi connectivity index (χ2n) is 2.94. The normalized spacial score (nSPS) is 9.94. The average molecular weight is 248 g/mol. The first-order chi connectivity index (χ1) is 7.66. The number of nitrogens with zero attached hydrogens (tertiary/aromatic N) is 3. The second-order valence-corrected chi connectivity index (χ2v) is 3.28. The molecule has 0 aliphatic heterocycles. The standard InChI is InChI=1S/C9H11ClFN3O2/c1-2-3-4-16-9(15)14(10)8-7(11)5-12-6-13-8/h5-6H,2-4H2,1H3. The van der Waals surface area contributed by atoms with Gasteiger partial charge in [-0.15, -0.1) is 0 Å². The van der Waals surface area contributed by atoms with Gasteiger partial charge in [0.1, 0.15) is 6.33 Å². The predicted octanol–water partition coefficient (Wildman–Crippen LogP) is 2.51. The smallest absolute Gasteiger partial charge is 0.430 e. The topological polar surface area (TPSA) is 55.3 Å². The van der Waals surface area contributed by atoms with Gasteiger partial charge in [0.25, 0.3) is 0 Å². The Morgan fingerprint density at radius 3 is 3.06 bits per heavy atom. The van der Waals surface area contributed by atoms with Gasteiger partial charge in [0, 0.05) is 11.8 Å². The summed E-state index contributed by atoms with van der Waals surface area (Å²) in [5.41, 5.74) is 0. The molecule has 1 aromatic rings. The van der Waals surface area contributed by atoms with E-state index in [1.165, 1.54) is 0 Å². The van der Waals surface area contributed by atoms with Crippen LogP contribution in [0.2, 0.25) is 0 Å². The Labute approximate surface area is 97.3 Å². The summed E-state index contributed by atoms with van der Waals surface area (Å²) >= 11 is 5.57. The number of carbonyl (C=O) groups excluding carboxylic acids is 1. The summed E-state index contributed by atoms with van der Waals surface area (Å²) in [4.78, 5) is 18.3. The molecule has 0 aromatic carbocycles. The maximum absolute atomic E-state index is 13.1. The van der Waals surface area contributed by atoms with Gasteiger partial charge in [0.2, 0.25) is 0 Å². The summed E-state index contributed by atoms with van der Waals surface area (Å²) in [7, 11) is 0. The molecule has 0 fully saturated rings. The molecule has 1 heterocycles. The summed E-state index contributed by atoms with van der Waals surface area (Å²) in [6.07, 6.45) is 2.76. The maximum Gasteiger partial charge on any atom is 0.430 e. The molecule has 16 heavy (non-hydrogen) atoms. The van der Waals surface area contributed by atoms with Crippen LogP contribution in [0.15, 0.2) is 12.5 Å². The fraction of sp³-hybridized carbons (Fsp3) is 0.444. The molecule has 1 rings (SSSR count). The SMILES string of the molecule is CCCCOC(=O)N(Cl)c1ncncc1F. The quantitative estimate of drug-likeness (QED) is 0.606. The molecule has 0 saturated carbocycles. The number of anilines is 1. The first kappa shape index (κ1) is 12.6. The molecule has 1 aromatic heterocycles. The van der Waals surface area contributed by atoms with Crippen LogP contribution in [0.5, 0.6) is 0 Å². The van der Waals surface area contributed by atoms with Crippen molar-refractivity contribution >= 4 is 23.7 Å². The van der Waals surface area contributed by atoms with Crippen LogP contribution in [0.1, 0.15) is 19.8 Å². The van der Waals surface area contributed by atoms with Gasteiger partial charge in [-0.1, -0.05) is 13.3 Å². The van der Waals surface area contributed by atoms with Crippen molar-refractivity contribution < 1.29 is 13.9 Å². The van der Waals surface area contributed by atoms with Gasteiger partial charge in [0.15, 0.2) is 11.6 Å². The molecule has 7 heteroatoms. The Balaban J connectivity index is 2.60. The highest BCUT2D eigenvalue weighted by atomic mass is 35.5. The molecule has 0 radical (unpaired) electrons. The molecular formula is C9H11ClFN3O2. The number of carbonyl (C=O) groups is 1. The third-order valence-corrected chi connectivity index (χ3v) is 2.02. The minimum atomic E-state index is -0.854. The lowest BCUT2D eigenvalue weighted by molar-refractivity contribution is 0.156. The molecule has 88 valence electrons. The van der Waals surface area contributed by atoms with Crippen LogP contribution in [0.25, 0.3) is 0 Å². The van der Waals surface area contributed by atoms with Crippen LogP contribution in [0, 0.1) is 5.82 Å². The van der Waals surface area contributed by atoms with Crippen LogP contribution >= 0.6 is 11.8 Å². The minimum Gasteiger partial charge on any atom is -0.448 e. The molecule has 0 bridgehead atoms. The van der Waals surface area contributed by atoms with E-state index in [0.717, 1.165) is 25.4 Å². The molecule has 0 aliphatic rings. The summed E-state index contributed by atoms with van der Waals surface area (Å²) in [6.45, 7) is 2.20. The Morgan fingerprint density at radius 2 is 2.44 bits per heavy atom. The van der Waals surface area contributed by atoms with E-state index >= 15 is 0 Å². The van der Waals surface area contributed by atoms with Crippen LogP contribution < -0.4 is 4.42 Å². The van der Waals surface area contributed by atoms with E-state index in [1.807, 2.05) is 6.92 Å². The highest BCUT2D eigenvalue weighted by molar-refractivity contribution is 6.35. The Kier molecular flexibility index (Phi) is 4.91. The zero-order valence-corrected chi connectivity index (χ0v) is 9.45. The van der Waals surface area contributed by atoms with Gasteiger partial charge in [-0.05, 0) is 6.42 Å². The minimum absolute atomic E-state index is 0.241. The number of ether oxygens (including phenoxy) is 1. The van der Waals surface area contributed by atoms with Crippen molar-refractivity contribution in [3.8, 4) is 0 Å². The summed E-state index contributed by atoms with van der Waals surface area (Å²) in [5.74, 6) is -1.11. The van der Waals surface area contributed by atoms with E-state index in [4.69, 9.17) is 16.5 Å². The predicted molar refractivity (Wildman–Crippen MR) is 56.6 cm³/mol. The molecular weight excluding hydrogens is 237 g/mol. The van der Waals surface area contributed by atoms with Gasteiger partial charge in [-0.2, -0.15) is 4.42 Å². The van der Waals surface area contributed by atoms with E-state index < -0.39 is 11.9 Å². The van der Waals surface area contributed by atoms with Crippen molar-refractivity contribution in [2.75, 3.05) is 11.0 Å². The number of hydrogen-bond acceptors (Lipinski definition) is 4. The summed E-state index contributed by atoms with van der Waals surface area (Å²) < 4.78 is 18.4. The average Bonchev–Trinajstić information content (AvgIpc) is 2.29. The molecule has 0 aliphatic carbocycles. The highest BCUT2D eigenvalue weighted by Gasteiger charge is 2.19. The third kappa shape index (κ3) is 3.30. The largest absolute Gasteiger partial charge is 0.448 e. The molecule has 0 N–H and O–H groups in total. The zero-order valence-electron chi connectivity index (χ0n) is 8.69. The molecule has 0 saturated heterocycles. The second kappa shape index (κ2) is 6.22. The fourth-order valence-corrected chi connectivity index (χ4v) is 1.07. The molecule has 0 unspecified atom stereocenters. The molecule has 0 atom stereocenters. The highest BCUT2D eigenvalue weighted by Crippen LogP contribution is 2.17. The van der Waals surface area contributed by atoms with Gasteiger partial charge < -0.3 is 4.74 Å². The lowest BCUT2D eigenvalue weighted by atomic mass is 10.4. The number of rotatable bonds is 4. The van der Waals surface area contributed by atoms with Gasteiger partial charge in [-0.25, -0.2) is 19.2 Å². The lowest BCUT2D eigenvalue weighted by Crippen LogP contribution is -2.24. The Hall–Kier alpha value is -1.43. The van der Waals surface area contributed by atoms with Gasteiger partial charge in [-0.3, -0.25) is 0 Å². The molecule has 5 nitrogen and oxygen atoms in total. The molecule has 1 amide bonds. The number of hydrogen-bond donors (Lipinski definition) is 0. The van der Waals surface area contributed by atoms with E-state index in [2.05, 4.69) is 9.97 Å². The number of aromatic nitrogens is 2. The van der Waals surface area contributed by atoms with Crippen molar-refractivity contribution in [1.29, 1.82) is 0 Å². The number of amides is 1. The fourth-order valence-electron chi connectivity index (χ4n) is 0.898. The van der Waals surface area contributed by atoms with Crippen molar-refractivity contribution in [1.82, 2.24) is 9.97 Å². The van der Waals surface area contributed by atoms with E-state index in [1.54, 1.807) is 0 Å². The zero-order chi connectivity index (χ0) is 12.0. The first-order valence-electron chi connectivity index (χ1n) is 4.75. The van der Waals surface area contributed by atoms with E-state index in [9.17, 15) is 9.18 Å². The van der Waals surface area contributed by atoms with Crippen LogP contribution in [0.4, 0.5) is 15.0 Å².